The smallest absolute Gasteiger partial charge is 0.245 e. The van der Waals surface area contributed by atoms with Crippen molar-refractivity contribution in [2.24, 2.45) is 0 Å². The predicted octanol–water partition coefficient (Wildman–Crippen LogP) is 2.35. The zero-order chi connectivity index (χ0) is 20.8. The maximum Gasteiger partial charge on any atom is 0.245 e. The van der Waals surface area contributed by atoms with E-state index >= 15 is 0 Å². The van der Waals surface area contributed by atoms with E-state index in [1.807, 2.05) is 47.3 Å². The second-order valence-electron chi connectivity index (χ2n) is 7.57. The van der Waals surface area contributed by atoms with Gasteiger partial charge in [-0.05, 0) is 37.1 Å². The molecule has 4 aromatic rings. The Morgan fingerprint density at radius 1 is 1.19 bits per heavy atom. The molecule has 0 bridgehead atoms. The highest BCUT2D eigenvalue weighted by Crippen LogP contribution is 2.38. The van der Waals surface area contributed by atoms with E-state index in [4.69, 9.17) is 14.5 Å². The van der Waals surface area contributed by atoms with Gasteiger partial charge in [0.25, 0.3) is 0 Å². The average Bonchev–Trinajstić information content (AvgIpc) is 3.59. The van der Waals surface area contributed by atoms with Crippen LogP contribution in [0, 0.1) is 0 Å². The minimum absolute atomic E-state index is 0.0439. The summed E-state index contributed by atoms with van der Waals surface area (Å²) >= 11 is 0. The fourth-order valence-corrected chi connectivity index (χ4v) is 4.18. The lowest BCUT2D eigenvalue weighted by molar-refractivity contribution is 0.174. The molecule has 10 heteroatoms. The van der Waals surface area contributed by atoms with E-state index in [0.29, 0.717) is 23.3 Å². The monoisotopic (exact) mass is 419 g/mol. The van der Waals surface area contributed by atoms with Crippen LogP contribution in [0.15, 0.2) is 49.1 Å². The van der Waals surface area contributed by atoms with Crippen LogP contribution in [0.2, 0.25) is 0 Å². The highest BCUT2D eigenvalue weighted by molar-refractivity contribution is 5.73. The molecular weight excluding hydrogens is 398 g/mol. The summed E-state index contributed by atoms with van der Waals surface area (Å²) in [5, 5.41) is 17.7. The molecule has 2 N–H and O–H groups in total. The van der Waals surface area contributed by atoms with Gasteiger partial charge in [-0.15, -0.1) is 5.10 Å². The van der Waals surface area contributed by atoms with Gasteiger partial charge in [0.05, 0.1) is 24.5 Å². The highest BCUT2D eigenvalue weighted by atomic mass is 16.7. The first-order valence-corrected chi connectivity index (χ1v) is 10.2. The zero-order valence-electron chi connectivity index (χ0n) is 16.7. The number of fused-ring (bicyclic) bond motifs is 2. The van der Waals surface area contributed by atoms with Crippen molar-refractivity contribution in [1.82, 2.24) is 24.1 Å². The van der Waals surface area contributed by atoms with Gasteiger partial charge in [0.15, 0.2) is 17.3 Å². The van der Waals surface area contributed by atoms with Crippen molar-refractivity contribution in [2.45, 2.75) is 18.9 Å². The molecule has 0 aliphatic carbocycles. The Balaban J connectivity index is 1.34. The van der Waals surface area contributed by atoms with Crippen molar-refractivity contribution in [3.8, 4) is 17.2 Å². The molecule has 1 atom stereocenters. The molecule has 5 heterocycles. The molecule has 31 heavy (non-hydrogen) atoms. The van der Waals surface area contributed by atoms with Crippen LogP contribution >= 0.6 is 0 Å². The lowest BCUT2D eigenvalue weighted by Gasteiger charge is -2.23. The largest absolute Gasteiger partial charge is 0.454 e. The van der Waals surface area contributed by atoms with Crippen LogP contribution in [0.4, 0.5) is 17.6 Å². The molecule has 158 valence electrons. The molecule has 0 amide bonds. The predicted molar refractivity (Wildman–Crippen MR) is 113 cm³/mol. The van der Waals surface area contributed by atoms with Crippen molar-refractivity contribution in [1.29, 1.82) is 0 Å². The summed E-state index contributed by atoms with van der Waals surface area (Å²) in [5.74, 6) is 3.31. The van der Waals surface area contributed by atoms with Gasteiger partial charge in [-0.3, -0.25) is 0 Å². The van der Waals surface area contributed by atoms with E-state index in [2.05, 4.69) is 20.3 Å². The van der Waals surface area contributed by atoms with Crippen molar-refractivity contribution in [2.75, 3.05) is 30.2 Å². The lowest BCUT2D eigenvalue weighted by atomic mass is 10.2. The van der Waals surface area contributed by atoms with Crippen LogP contribution in [0.3, 0.4) is 0 Å². The molecule has 2 aliphatic heterocycles. The normalized spacial score (nSPS) is 17.6. The van der Waals surface area contributed by atoms with Crippen molar-refractivity contribution >= 4 is 23.1 Å². The number of hydrogen-bond donors (Lipinski definition) is 2. The number of ether oxygens (including phenoxy) is 2. The number of aliphatic hydroxyl groups is 1. The van der Waals surface area contributed by atoms with Crippen LogP contribution in [0.1, 0.15) is 12.8 Å². The number of nitrogens with one attached hydrogen (secondary N) is 1. The minimum Gasteiger partial charge on any atom is -0.454 e. The molecule has 3 aromatic heterocycles. The summed E-state index contributed by atoms with van der Waals surface area (Å²) in [6.07, 6.45) is 7.44. The number of imidazole rings is 1. The van der Waals surface area contributed by atoms with Gasteiger partial charge in [0.1, 0.15) is 17.7 Å². The van der Waals surface area contributed by atoms with Gasteiger partial charge in [0.2, 0.25) is 12.7 Å². The molecule has 1 unspecified atom stereocenters. The second kappa shape index (κ2) is 7.17. The van der Waals surface area contributed by atoms with E-state index < -0.39 is 0 Å². The van der Waals surface area contributed by atoms with Gasteiger partial charge in [-0.25, -0.2) is 9.50 Å². The fourth-order valence-electron chi connectivity index (χ4n) is 4.18. The molecular formula is C21H21N7O3. The lowest BCUT2D eigenvalue weighted by Crippen LogP contribution is -2.34. The Labute approximate surface area is 177 Å². The molecule has 2 aliphatic rings. The Hall–Kier alpha value is -3.79. The minimum atomic E-state index is 0.0439. The van der Waals surface area contributed by atoms with Crippen molar-refractivity contribution in [3.63, 3.8) is 0 Å². The molecule has 0 radical (unpaired) electrons. The summed E-state index contributed by atoms with van der Waals surface area (Å²) in [6, 6.07) is 9.68. The Kier molecular flexibility index (Phi) is 4.17. The third-order valence-corrected chi connectivity index (χ3v) is 5.71. The van der Waals surface area contributed by atoms with Crippen LogP contribution in [0.5, 0.6) is 11.5 Å². The summed E-state index contributed by atoms with van der Waals surface area (Å²) in [6.45, 7) is 1.13. The molecule has 6 rings (SSSR count). The van der Waals surface area contributed by atoms with Crippen LogP contribution in [0.25, 0.3) is 11.2 Å². The van der Waals surface area contributed by atoms with Gasteiger partial charge in [-0.2, -0.15) is 4.98 Å². The summed E-state index contributed by atoms with van der Waals surface area (Å²) < 4.78 is 14.8. The SMILES string of the molecule is OCC1CCCN1c1nc(Nc2cn(-c3cccc4c3OCO4)cn2)c2cccn2n1. The first-order chi connectivity index (χ1) is 15.3. The number of para-hydroxylation sites is 1. The van der Waals surface area contributed by atoms with E-state index in [-0.39, 0.29) is 19.4 Å². The van der Waals surface area contributed by atoms with Gasteiger partial charge < -0.3 is 29.4 Å². The third kappa shape index (κ3) is 3.03. The van der Waals surface area contributed by atoms with Crippen LogP contribution in [-0.4, -0.2) is 55.2 Å². The zero-order valence-corrected chi connectivity index (χ0v) is 16.7. The first-order valence-electron chi connectivity index (χ1n) is 10.2. The number of benzene rings is 1. The molecule has 0 spiro atoms. The quantitative estimate of drug-likeness (QED) is 0.508. The molecule has 1 aromatic carbocycles. The molecule has 1 saturated heterocycles. The Morgan fingerprint density at radius 2 is 2.16 bits per heavy atom. The van der Waals surface area contributed by atoms with Gasteiger partial charge in [0, 0.05) is 12.7 Å². The third-order valence-electron chi connectivity index (χ3n) is 5.71. The molecule has 10 nitrogen and oxygen atoms in total. The summed E-state index contributed by atoms with van der Waals surface area (Å²) in [7, 11) is 0. The van der Waals surface area contributed by atoms with E-state index in [1.165, 1.54) is 0 Å². The van der Waals surface area contributed by atoms with Gasteiger partial charge >= 0.3 is 0 Å². The van der Waals surface area contributed by atoms with Crippen molar-refractivity contribution in [3.05, 3.63) is 49.1 Å². The summed E-state index contributed by atoms with van der Waals surface area (Å²) in [4.78, 5) is 11.3. The number of hydrogen-bond acceptors (Lipinski definition) is 8. The maximum atomic E-state index is 9.70. The van der Waals surface area contributed by atoms with Crippen LogP contribution < -0.4 is 19.7 Å². The fraction of sp³-hybridized carbons (Fsp3) is 0.286. The van der Waals surface area contributed by atoms with E-state index in [0.717, 1.165) is 36.3 Å². The number of rotatable bonds is 5. The highest BCUT2D eigenvalue weighted by Gasteiger charge is 2.27. The number of nitrogens with zero attached hydrogens (tertiary/aromatic N) is 6. The Morgan fingerprint density at radius 3 is 3.10 bits per heavy atom. The van der Waals surface area contributed by atoms with E-state index in [1.54, 1.807) is 10.8 Å². The van der Waals surface area contributed by atoms with Gasteiger partial charge in [-0.1, -0.05) is 6.07 Å². The Bertz CT molecular complexity index is 1250. The standard InChI is InChI=1S/C21H21N7O3/c29-11-14-4-2-8-27(14)21-24-20(16-6-3-9-28(16)25-21)23-18-10-26(12-22-18)15-5-1-7-17-19(15)31-13-30-17/h1,3,5-7,9-10,12,14,29H,2,4,8,11,13H2,(H,23,24,25). The van der Waals surface area contributed by atoms with Crippen LogP contribution in [-0.2, 0) is 0 Å². The molecule has 1 fully saturated rings. The number of anilines is 3. The van der Waals surface area contributed by atoms with Crippen molar-refractivity contribution < 1.29 is 14.6 Å². The maximum absolute atomic E-state index is 9.70. The average molecular weight is 419 g/mol. The number of aromatic nitrogens is 5. The molecule has 0 saturated carbocycles. The number of aliphatic hydroxyl groups excluding tert-OH is 1. The topological polar surface area (TPSA) is 102 Å². The van der Waals surface area contributed by atoms with E-state index in [9.17, 15) is 5.11 Å². The summed E-state index contributed by atoms with van der Waals surface area (Å²) in [5.41, 5.74) is 1.70. The first kappa shape index (κ1) is 18.0. The second-order valence-corrected chi connectivity index (χ2v) is 7.57.